The average molecular weight is 284 g/mol. The van der Waals surface area contributed by atoms with E-state index in [0.29, 0.717) is 0 Å². The maximum atomic E-state index is 11.9. The van der Waals surface area contributed by atoms with Gasteiger partial charge in [-0.05, 0) is 31.6 Å². The third-order valence-corrected chi connectivity index (χ3v) is 4.44. The summed E-state index contributed by atoms with van der Waals surface area (Å²) in [4.78, 5) is 23.2. The van der Waals surface area contributed by atoms with Gasteiger partial charge in [0.2, 0.25) is 0 Å². The fourth-order valence-electron chi connectivity index (χ4n) is 3.09. The third kappa shape index (κ3) is 3.85. The van der Waals surface area contributed by atoms with Gasteiger partial charge < -0.3 is 20.5 Å². The monoisotopic (exact) mass is 284 g/mol. The number of carbonyl (C=O) groups is 2. The lowest BCUT2D eigenvalue weighted by molar-refractivity contribution is -0.141. The van der Waals surface area contributed by atoms with Gasteiger partial charge in [0.05, 0.1) is 6.10 Å². The molecule has 0 bridgehead atoms. The van der Waals surface area contributed by atoms with Gasteiger partial charge in [0.15, 0.2) is 0 Å². The molecule has 0 heterocycles. The molecule has 2 fully saturated rings. The molecule has 1 atom stereocenters. The molecule has 0 aromatic rings. The minimum Gasteiger partial charge on any atom is -0.480 e. The van der Waals surface area contributed by atoms with Crippen LogP contribution in [-0.2, 0) is 9.53 Å². The Morgan fingerprint density at radius 1 is 1.20 bits per heavy atom. The molecule has 20 heavy (non-hydrogen) atoms. The summed E-state index contributed by atoms with van der Waals surface area (Å²) >= 11 is 0. The van der Waals surface area contributed by atoms with Gasteiger partial charge in [0, 0.05) is 13.2 Å². The number of rotatable bonds is 5. The van der Waals surface area contributed by atoms with Crippen LogP contribution in [0.25, 0.3) is 0 Å². The smallest absolute Gasteiger partial charge is 0.326 e. The summed E-state index contributed by atoms with van der Waals surface area (Å²) in [6.45, 7) is 0. The second-order valence-electron chi connectivity index (χ2n) is 5.86. The second kappa shape index (κ2) is 6.92. The van der Waals surface area contributed by atoms with E-state index in [4.69, 9.17) is 4.74 Å². The zero-order chi connectivity index (χ0) is 14.5. The van der Waals surface area contributed by atoms with Crippen LogP contribution in [0.4, 0.5) is 4.79 Å². The van der Waals surface area contributed by atoms with E-state index in [2.05, 4.69) is 10.6 Å². The lowest BCUT2D eigenvalue weighted by atomic mass is 9.84. The molecule has 2 aliphatic carbocycles. The zero-order valence-corrected chi connectivity index (χ0v) is 11.9. The molecule has 0 spiro atoms. The summed E-state index contributed by atoms with van der Waals surface area (Å²) < 4.78 is 5.15. The highest BCUT2D eigenvalue weighted by Gasteiger charge is 2.33. The van der Waals surface area contributed by atoms with Crippen LogP contribution < -0.4 is 10.6 Å². The number of nitrogens with one attached hydrogen (secondary N) is 2. The molecular weight excluding hydrogens is 260 g/mol. The predicted molar refractivity (Wildman–Crippen MR) is 73.5 cm³/mol. The number of aliphatic carboxylic acids is 1. The number of amides is 2. The molecule has 2 amide bonds. The van der Waals surface area contributed by atoms with Gasteiger partial charge >= 0.3 is 12.0 Å². The third-order valence-electron chi connectivity index (χ3n) is 4.44. The molecule has 0 saturated heterocycles. The van der Waals surface area contributed by atoms with Crippen LogP contribution in [0.3, 0.4) is 0 Å². The average Bonchev–Trinajstić information content (AvgIpc) is 2.40. The number of methoxy groups -OCH3 is 1. The van der Waals surface area contributed by atoms with Crippen molar-refractivity contribution < 1.29 is 19.4 Å². The van der Waals surface area contributed by atoms with Crippen LogP contribution in [0.1, 0.15) is 44.9 Å². The predicted octanol–water partition coefficient (Wildman–Crippen LogP) is 1.50. The van der Waals surface area contributed by atoms with Crippen molar-refractivity contribution in [3.05, 3.63) is 0 Å². The van der Waals surface area contributed by atoms with Gasteiger partial charge in [-0.2, -0.15) is 0 Å². The Kier molecular flexibility index (Phi) is 5.23. The summed E-state index contributed by atoms with van der Waals surface area (Å²) in [5.74, 6) is -0.879. The van der Waals surface area contributed by atoms with Gasteiger partial charge in [-0.15, -0.1) is 0 Å². The molecule has 114 valence electrons. The molecule has 2 rings (SSSR count). The van der Waals surface area contributed by atoms with E-state index in [9.17, 15) is 14.7 Å². The van der Waals surface area contributed by atoms with E-state index >= 15 is 0 Å². The van der Waals surface area contributed by atoms with E-state index in [1.54, 1.807) is 7.11 Å². The molecule has 1 unspecified atom stereocenters. The van der Waals surface area contributed by atoms with Gasteiger partial charge in [0.1, 0.15) is 6.04 Å². The fraction of sp³-hybridized carbons (Fsp3) is 0.857. The lowest BCUT2D eigenvalue weighted by Crippen LogP contribution is -2.55. The molecule has 0 aromatic carbocycles. The van der Waals surface area contributed by atoms with E-state index in [1.165, 1.54) is 0 Å². The first-order chi connectivity index (χ1) is 9.60. The number of ether oxygens (including phenoxy) is 1. The Hall–Kier alpha value is -1.30. The van der Waals surface area contributed by atoms with Gasteiger partial charge in [-0.1, -0.05) is 19.3 Å². The maximum Gasteiger partial charge on any atom is 0.326 e. The van der Waals surface area contributed by atoms with Gasteiger partial charge in [-0.3, -0.25) is 0 Å². The van der Waals surface area contributed by atoms with Crippen LogP contribution >= 0.6 is 0 Å². The molecule has 2 saturated carbocycles. The standard InChI is InChI=1S/C14H24N2O4/c1-20-11-7-10(8-11)15-14(19)16-12(13(17)18)9-5-3-2-4-6-9/h9-12H,2-8H2,1H3,(H,17,18)(H2,15,16,19). The van der Waals surface area contributed by atoms with E-state index in [-0.39, 0.29) is 24.1 Å². The fourth-order valence-corrected chi connectivity index (χ4v) is 3.09. The van der Waals surface area contributed by atoms with Gasteiger partial charge in [0.25, 0.3) is 0 Å². The quantitative estimate of drug-likeness (QED) is 0.714. The van der Waals surface area contributed by atoms with Crippen molar-refractivity contribution in [1.82, 2.24) is 10.6 Å². The highest BCUT2D eigenvalue weighted by molar-refractivity contribution is 5.83. The minimum atomic E-state index is -0.935. The van der Waals surface area contributed by atoms with E-state index < -0.39 is 12.0 Å². The Labute approximate surface area is 119 Å². The SMILES string of the molecule is COC1CC(NC(=O)NC(C(=O)O)C2CCCCC2)C1. The first-order valence-electron chi connectivity index (χ1n) is 7.42. The summed E-state index contributed by atoms with van der Waals surface area (Å²) in [5, 5.41) is 14.7. The molecule has 3 N–H and O–H groups in total. The molecular formula is C14H24N2O4. The first-order valence-corrected chi connectivity index (χ1v) is 7.42. The highest BCUT2D eigenvalue weighted by Crippen LogP contribution is 2.27. The molecule has 0 radical (unpaired) electrons. The zero-order valence-electron chi connectivity index (χ0n) is 11.9. The van der Waals surface area contributed by atoms with Crippen molar-refractivity contribution in [2.24, 2.45) is 5.92 Å². The van der Waals surface area contributed by atoms with Crippen molar-refractivity contribution in [1.29, 1.82) is 0 Å². The van der Waals surface area contributed by atoms with Crippen molar-refractivity contribution in [2.75, 3.05) is 7.11 Å². The minimum absolute atomic E-state index is 0.0557. The van der Waals surface area contributed by atoms with Crippen LogP contribution in [0.5, 0.6) is 0 Å². The van der Waals surface area contributed by atoms with Crippen molar-refractivity contribution in [3.8, 4) is 0 Å². The Morgan fingerprint density at radius 2 is 1.85 bits per heavy atom. The van der Waals surface area contributed by atoms with Crippen molar-refractivity contribution in [3.63, 3.8) is 0 Å². The van der Waals surface area contributed by atoms with Crippen LogP contribution in [0, 0.1) is 5.92 Å². The van der Waals surface area contributed by atoms with Crippen molar-refractivity contribution >= 4 is 12.0 Å². The van der Waals surface area contributed by atoms with Crippen LogP contribution in [0.15, 0.2) is 0 Å². The first kappa shape index (κ1) is 15.1. The lowest BCUT2D eigenvalue weighted by Gasteiger charge is -2.35. The van der Waals surface area contributed by atoms with Crippen LogP contribution in [-0.4, -0.2) is 42.4 Å². The van der Waals surface area contributed by atoms with Crippen molar-refractivity contribution in [2.45, 2.75) is 63.1 Å². The highest BCUT2D eigenvalue weighted by atomic mass is 16.5. The summed E-state index contributed by atoms with van der Waals surface area (Å²) in [6, 6.07) is -1.04. The molecule has 2 aliphatic rings. The van der Waals surface area contributed by atoms with Crippen LogP contribution in [0.2, 0.25) is 0 Å². The van der Waals surface area contributed by atoms with Gasteiger partial charge in [-0.25, -0.2) is 9.59 Å². The number of hydrogen-bond acceptors (Lipinski definition) is 3. The largest absolute Gasteiger partial charge is 0.480 e. The summed E-state index contributed by atoms with van der Waals surface area (Å²) in [5.41, 5.74) is 0. The number of hydrogen-bond donors (Lipinski definition) is 3. The molecule has 0 aliphatic heterocycles. The Bertz CT molecular complexity index is 349. The molecule has 0 aromatic heterocycles. The summed E-state index contributed by atoms with van der Waals surface area (Å²) in [7, 11) is 1.66. The number of carbonyl (C=O) groups excluding carboxylic acids is 1. The normalized spacial score (nSPS) is 28.2. The molecule has 6 heteroatoms. The number of carboxylic acids is 1. The topological polar surface area (TPSA) is 87.7 Å². The maximum absolute atomic E-state index is 11.9. The van der Waals surface area contributed by atoms with E-state index in [0.717, 1.165) is 44.9 Å². The Balaban J connectivity index is 1.78. The van der Waals surface area contributed by atoms with E-state index in [1.807, 2.05) is 0 Å². The Morgan fingerprint density at radius 3 is 2.40 bits per heavy atom. The number of urea groups is 1. The number of carboxylic acid groups (broad SMARTS) is 1. The second-order valence-corrected chi connectivity index (χ2v) is 5.86. The molecule has 6 nitrogen and oxygen atoms in total. The summed E-state index contributed by atoms with van der Waals surface area (Å²) in [6.07, 6.45) is 6.84.